The van der Waals surface area contributed by atoms with Crippen molar-refractivity contribution in [2.75, 3.05) is 19.6 Å². The summed E-state index contributed by atoms with van der Waals surface area (Å²) in [4.78, 5) is 38.2. The summed E-state index contributed by atoms with van der Waals surface area (Å²) >= 11 is 0. The van der Waals surface area contributed by atoms with Gasteiger partial charge in [-0.1, -0.05) is 26.0 Å². The van der Waals surface area contributed by atoms with Crippen LogP contribution in [0.15, 0.2) is 24.3 Å². The van der Waals surface area contributed by atoms with Gasteiger partial charge in [0.05, 0.1) is 12.6 Å². The maximum Gasteiger partial charge on any atom is 0.234 e. The number of nitrogens with zero attached hydrogens (tertiary/aromatic N) is 1. The molecule has 1 atom stereocenters. The van der Waals surface area contributed by atoms with Gasteiger partial charge in [0.1, 0.15) is 5.82 Å². The molecule has 0 aliphatic carbocycles. The van der Waals surface area contributed by atoms with Crippen molar-refractivity contribution in [2.24, 2.45) is 11.8 Å². The Morgan fingerprint density at radius 1 is 1.14 bits per heavy atom. The molecule has 0 spiro atoms. The van der Waals surface area contributed by atoms with Gasteiger partial charge in [0.15, 0.2) is 5.78 Å². The van der Waals surface area contributed by atoms with E-state index in [4.69, 9.17) is 0 Å². The third-order valence-electron chi connectivity index (χ3n) is 5.13. The number of rotatable bonds is 8. The molecule has 0 saturated carbocycles. The lowest BCUT2D eigenvalue weighted by Gasteiger charge is -2.31. The number of ketones is 1. The molecule has 2 rings (SSSR count). The number of nitrogens with one attached hydrogen (secondary N) is 2. The molecule has 0 bridgehead atoms. The van der Waals surface area contributed by atoms with Gasteiger partial charge in [0.2, 0.25) is 11.8 Å². The quantitative estimate of drug-likeness (QED) is 0.709. The summed E-state index contributed by atoms with van der Waals surface area (Å²) in [7, 11) is 0. The van der Waals surface area contributed by atoms with Crippen LogP contribution in [0.5, 0.6) is 0 Å². The molecule has 0 radical (unpaired) electrons. The third-order valence-corrected chi connectivity index (χ3v) is 5.13. The largest absolute Gasteiger partial charge is 0.352 e. The van der Waals surface area contributed by atoms with Crippen molar-refractivity contribution in [3.05, 3.63) is 35.6 Å². The van der Waals surface area contributed by atoms with Crippen molar-refractivity contribution in [1.82, 2.24) is 15.5 Å². The van der Waals surface area contributed by atoms with Gasteiger partial charge in [-0.15, -0.1) is 0 Å². The first-order valence-electron chi connectivity index (χ1n) is 9.80. The van der Waals surface area contributed by atoms with Gasteiger partial charge in [-0.05, 0) is 56.5 Å². The smallest absolute Gasteiger partial charge is 0.234 e. The lowest BCUT2D eigenvalue weighted by atomic mass is 9.95. The topological polar surface area (TPSA) is 78.5 Å². The van der Waals surface area contributed by atoms with Crippen LogP contribution in [0.3, 0.4) is 0 Å². The molecule has 1 aliphatic rings. The van der Waals surface area contributed by atoms with E-state index in [-0.39, 0.29) is 41.8 Å². The van der Waals surface area contributed by atoms with E-state index in [1.165, 1.54) is 19.1 Å². The second kappa shape index (κ2) is 10.3. The first kappa shape index (κ1) is 22.0. The van der Waals surface area contributed by atoms with Gasteiger partial charge in [0.25, 0.3) is 0 Å². The van der Waals surface area contributed by atoms with Crippen LogP contribution in [-0.4, -0.2) is 48.2 Å². The van der Waals surface area contributed by atoms with Crippen LogP contribution >= 0.6 is 0 Å². The van der Waals surface area contributed by atoms with Crippen molar-refractivity contribution in [3.8, 4) is 0 Å². The molecule has 1 aromatic rings. The first-order valence-corrected chi connectivity index (χ1v) is 9.80. The van der Waals surface area contributed by atoms with E-state index >= 15 is 0 Å². The highest BCUT2D eigenvalue weighted by Gasteiger charge is 2.27. The molecule has 1 aliphatic heterocycles. The Hall–Kier alpha value is -2.28. The van der Waals surface area contributed by atoms with Crippen molar-refractivity contribution >= 4 is 17.6 Å². The van der Waals surface area contributed by atoms with Gasteiger partial charge < -0.3 is 10.6 Å². The maximum absolute atomic E-state index is 12.9. The molecule has 1 heterocycles. The van der Waals surface area contributed by atoms with Crippen LogP contribution in [0.25, 0.3) is 0 Å². The van der Waals surface area contributed by atoms with Crippen molar-refractivity contribution in [2.45, 2.75) is 46.2 Å². The SMILES string of the molecule is CC(=O)C(NC(=O)CN1CCC(C(=O)NCc2ccc(F)cc2)CC1)C(C)C. The van der Waals surface area contributed by atoms with Gasteiger partial charge in [-0.2, -0.15) is 0 Å². The molecule has 1 fully saturated rings. The Bertz CT molecular complexity index is 683. The molecular formula is C21H30FN3O3. The number of amides is 2. The molecule has 2 N–H and O–H groups in total. The van der Waals surface area contributed by atoms with Gasteiger partial charge in [0, 0.05) is 12.5 Å². The zero-order valence-corrected chi connectivity index (χ0v) is 16.8. The van der Waals surface area contributed by atoms with Crippen LogP contribution in [0.1, 0.15) is 39.2 Å². The number of carbonyl (C=O) groups excluding carboxylic acids is 3. The van der Waals surface area contributed by atoms with Crippen LogP contribution in [0.2, 0.25) is 0 Å². The highest BCUT2D eigenvalue weighted by molar-refractivity contribution is 5.88. The number of carbonyl (C=O) groups is 3. The molecule has 7 heteroatoms. The van der Waals surface area contributed by atoms with E-state index in [0.29, 0.717) is 32.5 Å². The van der Waals surface area contributed by atoms with Gasteiger partial charge in [-0.3, -0.25) is 19.3 Å². The zero-order valence-electron chi connectivity index (χ0n) is 16.8. The monoisotopic (exact) mass is 391 g/mol. The minimum atomic E-state index is -0.456. The van der Waals surface area contributed by atoms with E-state index in [1.54, 1.807) is 12.1 Å². The van der Waals surface area contributed by atoms with Crippen molar-refractivity contribution in [1.29, 1.82) is 0 Å². The summed E-state index contributed by atoms with van der Waals surface area (Å²) in [6, 6.07) is 5.61. The van der Waals surface area contributed by atoms with Crippen LogP contribution in [0, 0.1) is 17.7 Å². The predicted octanol–water partition coefficient (Wildman–Crippen LogP) is 1.88. The second-order valence-electron chi connectivity index (χ2n) is 7.79. The minimum absolute atomic E-state index is 0.00937. The predicted molar refractivity (Wildman–Crippen MR) is 105 cm³/mol. The Labute approximate surface area is 165 Å². The number of halogens is 1. The third kappa shape index (κ3) is 6.71. The Morgan fingerprint density at radius 2 is 1.75 bits per heavy atom. The van der Waals surface area contributed by atoms with Crippen molar-refractivity contribution < 1.29 is 18.8 Å². The average Bonchev–Trinajstić information content (AvgIpc) is 2.65. The summed E-state index contributed by atoms with van der Waals surface area (Å²) in [6.07, 6.45) is 1.37. The van der Waals surface area contributed by atoms with Crippen molar-refractivity contribution in [3.63, 3.8) is 0 Å². The molecule has 6 nitrogen and oxygen atoms in total. The number of likely N-dealkylation sites (tertiary alicyclic amines) is 1. The van der Waals surface area contributed by atoms with Gasteiger partial charge >= 0.3 is 0 Å². The lowest BCUT2D eigenvalue weighted by Crippen LogP contribution is -2.49. The fourth-order valence-electron chi connectivity index (χ4n) is 3.45. The molecule has 154 valence electrons. The van der Waals surface area contributed by atoms with E-state index in [0.717, 1.165) is 5.56 Å². The van der Waals surface area contributed by atoms with Crippen LogP contribution in [-0.2, 0) is 20.9 Å². The molecule has 1 saturated heterocycles. The number of Topliss-reactive ketones (excluding diaryl/α,β-unsaturated/α-hetero) is 1. The van der Waals surface area contributed by atoms with Crippen LogP contribution in [0.4, 0.5) is 4.39 Å². The maximum atomic E-state index is 12.9. The number of benzene rings is 1. The van der Waals surface area contributed by atoms with Gasteiger partial charge in [-0.25, -0.2) is 4.39 Å². The number of piperidine rings is 1. The number of hydrogen-bond donors (Lipinski definition) is 2. The summed E-state index contributed by atoms with van der Waals surface area (Å²) in [5.41, 5.74) is 0.856. The lowest BCUT2D eigenvalue weighted by molar-refractivity contribution is -0.129. The molecule has 1 unspecified atom stereocenters. The van der Waals surface area contributed by atoms with E-state index < -0.39 is 6.04 Å². The van der Waals surface area contributed by atoms with E-state index in [9.17, 15) is 18.8 Å². The van der Waals surface area contributed by atoms with E-state index in [2.05, 4.69) is 10.6 Å². The summed E-state index contributed by atoms with van der Waals surface area (Å²) in [6.45, 7) is 7.23. The highest BCUT2D eigenvalue weighted by atomic mass is 19.1. The Morgan fingerprint density at radius 3 is 2.29 bits per heavy atom. The number of hydrogen-bond acceptors (Lipinski definition) is 4. The molecule has 1 aromatic carbocycles. The zero-order chi connectivity index (χ0) is 20.7. The standard InChI is InChI=1S/C21H30FN3O3/c1-14(2)20(15(3)26)24-19(27)13-25-10-8-17(9-11-25)21(28)23-12-16-4-6-18(22)7-5-16/h4-7,14,17,20H,8-13H2,1-3H3,(H,23,28)(H,24,27). The summed E-state index contributed by atoms with van der Waals surface area (Å²) in [5.74, 6) is -0.537. The fourth-order valence-corrected chi connectivity index (χ4v) is 3.45. The van der Waals surface area contributed by atoms with E-state index in [1.807, 2.05) is 18.7 Å². The fraction of sp³-hybridized carbons (Fsp3) is 0.571. The Balaban J connectivity index is 1.72. The summed E-state index contributed by atoms with van der Waals surface area (Å²) < 4.78 is 12.9. The normalized spacial score (nSPS) is 16.6. The summed E-state index contributed by atoms with van der Waals surface area (Å²) in [5, 5.41) is 5.70. The molecule has 28 heavy (non-hydrogen) atoms. The second-order valence-corrected chi connectivity index (χ2v) is 7.79. The molecule has 2 amide bonds. The highest BCUT2D eigenvalue weighted by Crippen LogP contribution is 2.17. The Kier molecular flexibility index (Phi) is 8.11. The molecule has 0 aromatic heterocycles. The van der Waals surface area contributed by atoms with Crippen LogP contribution < -0.4 is 10.6 Å². The molecular weight excluding hydrogens is 361 g/mol. The first-order chi connectivity index (χ1) is 13.3. The minimum Gasteiger partial charge on any atom is -0.352 e. The average molecular weight is 391 g/mol.